The lowest BCUT2D eigenvalue weighted by Gasteiger charge is -2.06. The lowest BCUT2D eigenvalue weighted by atomic mass is 10.1. The molecule has 0 aliphatic heterocycles. The molecule has 0 saturated heterocycles. The Labute approximate surface area is 138 Å². The van der Waals surface area contributed by atoms with Gasteiger partial charge < -0.3 is 5.32 Å². The number of carbonyl (C=O) groups is 1. The number of carbonyl (C=O) groups excluding carboxylic acids is 1. The topological polar surface area (TPSA) is 42.0 Å². The second-order valence-corrected chi connectivity index (χ2v) is 5.35. The zero-order valence-electron chi connectivity index (χ0n) is 13.5. The molecule has 2 aromatic rings. The van der Waals surface area contributed by atoms with Crippen LogP contribution < -0.4 is 5.32 Å². The van der Waals surface area contributed by atoms with Gasteiger partial charge in [-0.05, 0) is 30.7 Å². The number of hydrogen-bond acceptors (Lipinski definition) is 2. The second kappa shape index (κ2) is 9.42. The summed E-state index contributed by atoms with van der Waals surface area (Å²) in [7, 11) is 0. The van der Waals surface area contributed by atoms with E-state index < -0.39 is 0 Å². The molecule has 0 spiro atoms. The first kappa shape index (κ1) is 16.8. The Morgan fingerprint density at radius 3 is 2.65 bits per heavy atom. The number of anilines is 1. The molecule has 0 bridgehead atoms. The van der Waals surface area contributed by atoms with E-state index in [0.29, 0.717) is 5.56 Å². The van der Waals surface area contributed by atoms with Crippen LogP contribution in [0.2, 0.25) is 0 Å². The minimum Gasteiger partial charge on any atom is -0.322 e. The van der Waals surface area contributed by atoms with Crippen LogP contribution in [0.4, 0.5) is 5.69 Å². The SMILES string of the molecule is CCCCCCC#Cc1ccccc1C(=O)Nc1ccncc1. The molecule has 2 rings (SSSR count). The Hall–Kier alpha value is -2.60. The third-order valence-corrected chi connectivity index (χ3v) is 3.49. The summed E-state index contributed by atoms with van der Waals surface area (Å²) in [5.74, 6) is 6.17. The number of aromatic nitrogens is 1. The van der Waals surface area contributed by atoms with Crippen LogP contribution in [-0.2, 0) is 0 Å². The third kappa shape index (κ3) is 5.60. The van der Waals surface area contributed by atoms with Crippen molar-refractivity contribution in [2.24, 2.45) is 0 Å². The van der Waals surface area contributed by atoms with Crippen molar-refractivity contribution in [3.63, 3.8) is 0 Å². The standard InChI is InChI=1S/C20H22N2O/c1-2-3-4-5-6-7-10-17-11-8-9-12-19(17)20(23)22-18-13-15-21-16-14-18/h8-9,11-16H,2-6H2,1H3,(H,21,22,23). The van der Waals surface area contributed by atoms with E-state index in [1.807, 2.05) is 18.2 Å². The van der Waals surface area contributed by atoms with E-state index in [9.17, 15) is 4.79 Å². The van der Waals surface area contributed by atoms with Gasteiger partial charge in [0.25, 0.3) is 5.91 Å². The van der Waals surface area contributed by atoms with E-state index in [2.05, 4.69) is 29.1 Å². The van der Waals surface area contributed by atoms with Crippen molar-refractivity contribution in [2.75, 3.05) is 5.32 Å². The largest absolute Gasteiger partial charge is 0.322 e. The Kier molecular flexibility index (Phi) is 6.87. The number of amides is 1. The quantitative estimate of drug-likeness (QED) is 0.623. The number of benzene rings is 1. The highest BCUT2D eigenvalue weighted by atomic mass is 16.1. The summed E-state index contributed by atoms with van der Waals surface area (Å²) in [6.07, 6.45) is 9.00. The normalized spacial score (nSPS) is 9.78. The van der Waals surface area contributed by atoms with E-state index in [1.54, 1.807) is 30.6 Å². The van der Waals surface area contributed by atoms with Gasteiger partial charge in [0, 0.05) is 30.1 Å². The number of unbranched alkanes of at least 4 members (excludes halogenated alkanes) is 4. The van der Waals surface area contributed by atoms with Crippen molar-refractivity contribution >= 4 is 11.6 Å². The predicted octanol–water partition coefficient (Wildman–Crippen LogP) is 4.66. The van der Waals surface area contributed by atoms with Crippen LogP contribution >= 0.6 is 0 Å². The first-order valence-corrected chi connectivity index (χ1v) is 8.10. The van der Waals surface area contributed by atoms with E-state index in [0.717, 1.165) is 24.1 Å². The van der Waals surface area contributed by atoms with Crippen LogP contribution in [0.5, 0.6) is 0 Å². The molecule has 1 N–H and O–H groups in total. The molecule has 0 unspecified atom stereocenters. The van der Waals surface area contributed by atoms with E-state index in [4.69, 9.17) is 0 Å². The van der Waals surface area contributed by atoms with Gasteiger partial charge in [0.05, 0.1) is 5.56 Å². The van der Waals surface area contributed by atoms with Gasteiger partial charge in [-0.25, -0.2) is 0 Å². The molecule has 3 nitrogen and oxygen atoms in total. The minimum absolute atomic E-state index is 0.146. The second-order valence-electron chi connectivity index (χ2n) is 5.35. The van der Waals surface area contributed by atoms with Crippen LogP contribution in [0.3, 0.4) is 0 Å². The molecule has 23 heavy (non-hydrogen) atoms. The van der Waals surface area contributed by atoms with Gasteiger partial charge in [-0.3, -0.25) is 9.78 Å². The van der Waals surface area contributed by atoms with Gasteiger partial charge in [0.1, 0.15) is 0 Å². The van der Waals surface area contributed by atoms with E-state index >= 15 is 0 Å². The average Bonchev–Trinajstić information content (AvgIpc) is 2.59. The zero-order valence-corrected chi connectivity index (χ0v) is 13.5. The number of nitrogens with zero attached hydrogens (tertiary/aromatic N) is 1. The average molecular weight is 306 g/mol. The molecular formula is C20H22N2O. The highest BCUT2D eigenvalue weighted by Gasteiger charge is 2.09. The molecule has 1 heterocycles. The minimum atomic E-state index is -0.146. The van der Waals surface area contributed by atoms with Gasteiger partial charge in [-0.1, -0.05) is 50.2 Å². The van der Waals surface area contributed by atoms with Crippen LogP contribution in [0.15, 0.2) is 48.8 Å². The number of hydrogen-bond donors (Lipinski definition) is 1. The van der Waals surface area contributed by atoms with Gasteiger partial charge in [0.15, 0.2) is 0 Å². The fourth-order valence-corrected chi connectivity index (χ4v) is 2.22. The van der Waals surface area contributed by atoms with Crippen LogP contribution in [0, 0.1) is 11.8 Å². The third-order valence-electron chi connectivity index (χ3n) is 3.49. The summed E-state index contributed by atoms with van der Waals surface area (Å²) in [5.41, 5.74) is 2.10. The van der Waals surface area contributed by atoms with Gasteiger partial charge in [-0.15, -0.1) is 0 Å². The Balaban J connectivity index is 2.02. The molecule has 1 aromatic heterocycles. The Morgan fingerprint density at radius 2 is 1.87 bits per heavy atom. The lowest BCUT2D eigenvalue weighted by Crippen LogP contribution is -2.13. The van der Waals surface area contributed by atoms with Gasteiger partial charge in [-0.2, -0.15) is 0 Å². The maximum atomic E-state index is 12.4. The molecule has 1 amide bonds. The van der Waals surface area contributed by atoms with Crippen molar-refractivity contribution < 1.29 is 4.79 Å². The highest BCUT2D eigenvalue weighted by Crippen LogP contribution is 2.12. The summed E-state index contributed by atoms with van der Waals surface area (Å²) in [4.78, 5) is 16.4. The molecule has 0 aliphatic rings. The van der Waals surface area contributed by atoms with Crippen molar-refractivity contribution in [1.82, 2.24) is 4.98 Å². The summed E-state index contributed by atoms with van der Waals surface area (Å²) >= 11 is 0. The summed E-state index contributed by atoms with van der Waals surface area (Å²) in [5, 5.41) is 2.87. The van der Waals surface area contributed by atoms with Gasteiger partial charge >= 0.3 is 0 Å². The van der Waals surface area contributed by atoms with Crippen molar-refractivity contribution in [2.45, 2.75) is 39.0 Å². The molecule has 0 radical (unpaired) electrons. The molecule has 118 valence electrons. The first-order chi connectivity index (χ1) is 11.3. The smallest absolute Gasteiger partial charge is 0.256 e. The lowest BCUT2D eigenvalue weighted by molar-refractivity contribution is 0.102. The number of nitrogens with one attached hydrogen (secondary N) is 1. The van der Waals surface area contributed by atoms with E-state index in [1.165, 1.54) is 19.3 Å². The summed E-state index contributed by atoms with van der Waals surface area (Å²) in [6.45, 7) is 2.20. The van der Waals surface area contributed by atoms with E-state index in [-0.39, 0.29) is 5.91 Å². The fraction of sp³-hybridized carbons (Fsp3) is 0.300. The molecule has 1 aromatic carbocycles. The van der Waals surface area contributed by atoms with Crippen molar-refractivity contribution in [3.8, 4) is 11.8 Å². The first-order valence-electron chi connectivity index (χ1n) is 8.10. The Morgan fingerprint density at radius 1 is 1.09 bits per heavy atom. The van der Waals surface area contributed by atoms with Crippen LogP contribution in [-0.4, -0.2) is 10.9 Å². The molecule has 0 fully saturated rings. The zero-order chi connectivity index (χ0) is 16.3. The fourth-order valence-electron chi connectivity index (χ4n) is 2.22. The maximum absolute atomic E-state index is 12.4. The molecular weight excluding hydrogens is 284 g/mol. The van der Waals surface area contributed by atoms with Crippen LogP contribution in [0.25, 0.3) is 0 Å². The molecule has 0 atom stereocenters. The number of rotatable bonds is 6. The molecule has 0 aliphatic carbocycles. The Bertz CT molecular complexity index is 684. The predicted molar refractivity (Wildman–Crippen MR) is 94.3 cm³/mol. The maximum Gasteiger partial charge on any atom is 0.256 e. The number of pyridine rings is 1. The monoisotopic (exact) mass is 306 g/mol. The molecule has 0 saturated carbocycles. The van der Waals surface area contributed by atoms with Crippen molar-refractivity contribution in [1.29, 1.82) is 0 Å². The van der Waals surface area contributed by atoms with Crippen LogP contribution in [0.1, 0.15) is 54.9 Å². The van der Waals surface area contributed by atoms with Gasteiger partial charge in [0.2, 0.25) is 0 Å². The molecule has 3 heteroatoms. The van der Waals surface area contributed by atoms with Crippen molar-refractivity contribution in [3.05, 3.63) is 59.9 Å². The summed E-state index contributed by atoms with van der Waals surface area (Å²) < 4.78 is 0. The highest BCUT2D eigenvalue weighted by molar-refractivity contribution is 6.05. The summed E-state index contributed by atoms with van der Waals surface area (Å²) in [6, 6.07) is 11.0.